The molecule has 0 saturated carbocycles. The van der Waals surface area contributed by atoms with Crippen LogP contribution in [0.2, 0.25) is 0 Å². The Labute approximate surface area is 117 Å². The van der Waals surface area contributed by atoms with Crippen molar-refractivity contribution in [2.45, 2.75) is 24.3 Å². The minimum atomic E-state index is -3.92. The number of benzene rings is 1. The van der Waals surface area contributed by atoms with Gasteiger partial charge in [-0.2, -0.15) is 9.57 Å². The van der Waals surface area contributed by atoms with Gasteiger partial charge in [0, 0.05) is 13.1 Å². The first-order valence-electron chi connectivity index (χ1n) is 6.24. The molecule has 1 fully saturated rings. The van der Waals surface area contributed by atoms with E-state index in [9.17, 15) is 17.9 Å². The summed E-state index contributed by atoms with van der Waals surface area (Å²) in [6, 6.07) is 5.05. The first-order chi connectivity index (χ1) is 9.36. The number of nitriles is 1. The van der Waals surface area contributed by atoms with Crippen molar-refractivity contribution in [3.63, 3.8) is 0 Å². The molecule has 0 radical (unpaired) electrons. The van der Waals surface area contributed by atoms with Crippen LogP contribution in [0.1, 0.15) is 18.9 Å². The number of sulfonamides is 1. The van der Waals surface area contributed by atoms with E-state index >= 15 is 0 Å². The van der Waals surface area contributed by atoms with Gasteiger partial charge < -0.3 is 5.11 Å². The summed E-state index contributed by atoms with van der Waals surface area (Å²) in [4.78, 5) is -0.428. The monoisotopic (exact) mass is 298 g/mol. The van der Waals surface area contributed by atoms with Gasteiger partial charge in [-0.15, -0.1) is 0 Å². The maximum absolute atomic E-state index is 13.8. The zero-order valence-corrected chi connectivity index (χ0v) is 11.8. The average molecular weight is 298 g/mol. The van der Waals surface area contributed by atoms with Crippen LogP contribution in [0.3, 0.4) is 0 Å². The largest absolute Gasteiger partial charge is 0.393 e. The topological polar surface area (TPSA) is 81.4 Å². The molecule has 0 aliphatic carbocycles. The number of hydrogen-bond acceptors (Lipinski definition) is 4. The molecule has 1 aromatic rings. The van der Waals surface area contributed by atoms with E-state index < -0.39 is 26.8 Å². The highest BCUT2D eigenvalue weighted by atomic mass is 32.2. The van der Waals surface area contributed by atoms with Gasteiger partial charge in [-0.05, 0) is 37.5 Å². The molecule has 2 unspecified atom stereocenters. The fraction of sp³-hybridized carbons (Fsp3) is 0.462. The van der Waals surface area contributed by atoms with E-state index in [4.69, 9.17) is 5.26 Å². The third kappa shape index (κ3) is 2.68. The Kier molecular flexibility index (Phi) is 4.09. The minimum absolute atomic E-state index is 0.0738. The van der Waals surface area contributed by atoms with Crippen LogP contribution in [0.25, 0.3) is 0 Å². The van der Waals surface area contributed by atoms with Crippen LogP contribution in [-0.2, 0) is 10.0 Å². The third-order valence-electron chi connectivity index (χ3n) is 3.55. The zero-order valence-electron chi connectivity index (χ0n) is 11.0. The standard InChI is InChI=1S/C13H15FN2O3S/c1-9(17)11-4-5-16(8-11)20(18,19)13-3-2-10(7-15)6-12(13)14/h2-3,6,9,11,17H,4-5,8H2,1H3. The zero-order chi connectivity index (χ0) is 14.9. The summed E-state index contributed by atoms with van der Waals surface area (Å²) in [5.41, 5.74) is 0.0738. The summed E-state index contributed by atoms with van der Waals surface area (Å²) in [5, 5.41) is 18.2. The van der Waals surface area contributed by atoms with Crippen LogP contribution in [0, 0.1) is 23.1 Å². The van der Waals surface area contributed by atoms with Crippen LogP contribution < -0.4 is 0 Å². The fourth-order valence-corrected chi connectivity index (χ4v) is 3.84. The van der Waals surface area contributed by atoms with E-state index in [1.54, 1.807) is 13.0 Å². The van der Waals surface area contributed by atoms with Crippen molar-refractivity contribution in [1.82, 2.24) is 4.31 Å². The highest BCUT2D eigenvalue weighted by Gasteiger charge is 2.35. The van der Waals surface area contributed by atoms with Gasteiger partial charge in [-0.1, -0.05) is 0 Å². The number of rotatable bonds is 3. The second kappa shape index (κ2) is 5.48. The second-order valence-electron chi connectivity index (χ2n) is 4.91. The Bertz CT molecular complexity index is 652. The molecule has 1 aliphatic rings. The maximum Gasteiger partial charge on any atom is 0.245 e. The molecular weight excluding hydrogens is 283 g/mol. The number of halogens is 1. The number of nitrogens with zero attached hydrogens (tertiary/aromatic N) is 2. The lowest BCUT2D eigenvalue weighted by Gasteiger charge is -2.18. The lowest BCUT2D eigenvalue weighted by atomic mass is 10.0. The van der Waals surface area contributed by atoms with Gasteiger partial charge in [0.05, 0.1) is 17.7 Å². The molecule has 1 aliphatic heterocycles. The predicted molar refractivity (Wildman–Crippen MR) is 69.7 cm³/mol. The van der Waals surface area contributed by atoms with Crippen LogP contribution >= 0.6 is 0 Å². The van der Waals surface area contributed by atoms with E-state index in [-0.39, 0.29) is 24.6 Å². The molecule has 5 nitrogen and oxygen atoms in total. The Morgan fingerprint density at radius 3 is 2.75 bits per heavy atom. The molecule has 0 spiro atoms. The molecule has 1 saturated heterocycles. The van der Waals surface area contributed by atoms with Gasteiger partial charge in [-0.3, -0.25) is 0 Å². The van der Waals surface area contributed by atoms with Gasteiger partial charge in [-0.25, -0.2) is 12.8 Å². The van der Waals surface area contributed by atoms with Crippen LogP contribution in [0.4, 0.5) is 4.39 Å². The van der Waals surface area contributed by atoms with Crippen molar-refractivity contribution in [3.05, 3.63) is 29.6 Å². The van der Waals surface area contributed by atoms with Crippen LogP contribution in [0.5, 0.6) is 0 Å². The second-order valence-corrected chi connectivity index (χ2v) is 6.82. The lowest BCUT2D eigenvalue weighted by Crippen LogP contribution is -2.31. The number of aliphatic hydroxyl groups excluding tert-OH is 1. The Morgan fingerprint density at radius 1 is 1.55 bits per heavy atom. The van der Waals surface area contributed by atoms with Gasteiger partial charge in [0.15, 0.2) is 0 Å². The quantitative estimate of drug-likeness (QED) is 0.905. The molecule has 2 rings (SSSR count). The Balaban J connectivity index is 2.30. The van der Waals surface area contributed by atoms with E-state index in [0.29, 0.717) is 6.42 Å². The highest BCUT2D eigenvalue weighted by molar-refractivity contribution is 7.89. The van der Waals surface area contributed by atoms with Crippen LogP contribution in [-0.4, -0.2) is 37.0 Å². The smallest absolute Gasteiger partial charge is 0.245 e. The number of hydrogen-bond donors (Lipinski definition) is 1. The molecule has 108 valence electrons. The van der Waals surface area contributed by atoms with Crippen LogP contribution in [0.15, 0.2) is 23.1 Å². The van der Waals surface area contributed by atoms with Crippen molar-refractivity contribution >= 4 is 10.0 Å². The summed E-state index contributed by atoms with van der Waals surface area (Å²) in [7, 11) is -3.92. The summed E-state index contributed by atoms with van der Waals surface area (Å²) in [6.07, 6.45) is -0.0459. The first kappa shape index (κ1) is 14.9. The van der Waals surface area contributed by atoms with Gasteiger partial charge in [0.25, 0.3) is 0 Å². The third-order valence-corrected chi connectivity index (χ3v) is 5.45. The molecule has 1 N–H and O–H groups in total. The molecule has 0 aromatic heterocycles. The summed E-state index contributed by atoms with van der Waals surface area (Å²) < 4.78 is 39.7. The summed E-state index contributed by atoms with van der Waals surface area (Å²) >= 11 is 0. The average Bonchev–Trinajstić information content (AvgIpc) is 2.88. The van der Waals surface area contributed by atoms with Crippen molar-refractivity contribution in [2.24, 2.45) is 5.92 Å². The summed E-state index contributed by atoms with van der Waals surface area (Å²) in [6.45, 7) is 2.06. The Hall–Kier alpha value is -1.49. The molecule has 1 heterocycles. The lowest BCUT2D eigenvalue weighted by molar-refractivity contribution is 0.133. The van der Waals surface area contributed by atoms with E-state index in [1.165, 1.54) is 10.4 Å². The minimum Gasteiger partial charge on any atom is -0.393 e. The van der Waals surface area contributed by atoms with Gasteiger partial charge in [0.1, 0.15) is 10.7 Å². The molecule has 20 heavy (non-hydrogen) atoms. The molecular formula is C13H15FN2O3S. The Morgan fingerprint density at radius 2 is 2.25 bits per heavy atom. The fourth-order valence-electron chi connectivity index (χ4n) is 2.28. The predicted octanol–water partition coefficient (Wildman–Crippen LogP) is 1.09. The van der Waals surface area contributed by atoms with Crippen molar-refractivity contribution in [1.29, 1.82) is 5.26 Å². The summed E-state index contributed by atoms with van der Waals surface area (Å²) in [5.74, 6) is -1.06. The van der Waals surface area contributed by atoms with E-state index in [2.05, 4.69) is 0 Å². The normalized spacial score (nSPS) is 21.6. The molecule has 2 atom stereocenters. The molecule has 0 bridgehead atoms. The van der Waals surface area contributed by atoms with E-state index in [0.717, 1.165) is 12.1 Å². The van der Waals surface area contributed by atoms with Crippen molar-refractivity contribution in [2.75, 3.05) is 13.1 Å². The SMILES string of the molecule is CC(O)C1CCN(S(=O)(=O)c2ccc(C#N)cc2F)C1. The van der Waals surface area contributed by atoms with E-state index in [1.807, 2.05) is 0 Å². The number of aliphatic hydroxyl groups is 1. The van der Waals surface area contributed by atoms with Gasteiger partial charge in [0.2, 0.25) is 10.0 Å². The molecule has 0 amide bonds. The molecule has 1 aromatic carbocycles. The van der Waals surface area contributed by atoms with Crippen molar-refractivity contribution < 1.29 is 17.9 Å². The molecule has 7 heteroatoms. The first-order valence-corrected chi connectivity index (χ1v) is 7.68. The highest BCUT2D eigenvalue weighted by Crippen LogP contribution is 2.27. The van der Waals surface area contributed by atoms with Crippen molar-refractivity contribution in [3.8, 4) is 6.07 Å². The maximum atomic E-state index is 13.8. The van der Waals surface area contributed by atoms with Gasteiger partial charge >= 0.3 is 0 Å².